The number of H-pyrrole nitrogens is 1. The lowest BCUT2D eigenvalue weighted by Gasteiger charge is -1.95. The summed E-state index contributed by atoms with van der Waals surface area (Å²) in [6.07, 6.45) is 0. The van der Waals surface area contributed by atoms with E-state index >= 15 is 0 Å². The molecule has 0 aliphatic carbocycles. The second-order valence-corrected chi connectivity index (χ2v) is 6.10. The number of fused-ring (bicyclic) bond motifs is 7. The van der Waals surface area contributed by atoms with Crippen molar-refractivity contribution >= 4 is 59.7 Å². The predicted octanol–water partition coefficient (Wildman–Crippen LogP) is 5.98. The second kappa shape index (κ2) is 3.89. The summed E-state index contributed by atoms with van der Waals surface area (Å²) in [6.45, 7) is 0. The number of hydrogen-bond donors (Lipinski definition) is 1. The lowest BCUT2D eigenvalue weighted by molar-refractivity contribution is 0.669. The van der Waals surface area contributed by atoms with Crippen LogP contribution >= 0.6 is 15.9 Å². The highest BCUT2D eigenvalue weighted by atomic mass is 79.9. The number of aromatic nitrogens is 1. The fourth-order valence-electron chi connectivity index (χ4n) is 3.19. The van der Waals surface area contributed by atoms with Gasteiger partial charge in [-0.15, -0.1) is 0 Å². The largest absolute Gasteiger partial charge is 0.456 e. The number of aromatic amines is 1. The van der Waals surface area contributed by atoms with E-state index in [1.54, 1.807) is 0 Å². The normalized spacial score (nSPS) is 12.0. The summed E-state index contributed by atoms with van der Waals surface area (Å²) in [4.78, 5) is 3.50. The average Bonchev–Trinajstić information content (AvgIpc) is 3.05. The number of furan rings is 1. The van der Waals surface area contributed by atoms with Gasteiger partial charge in [0.2, 0.25) is 0 Å². The van der Waals surface area contributed by atoms with E-state index in [0.717, 1.165) is 26.7 Å². The molecule has 3 heteroatoms. The molecule has 2 nitrogen and oxygen atoms in total. The molecule has 1 N–H and O–H groups in total. The summed E-state index contributed by atoms with van der Waals surface area (Å²) in [6, 6.07) is 18.6. The number of para-hydroxylation sites is 2. The maximum absolute atomic E-state index is 5.98. The molecule has 5 aromatic rings. The van der Waals surface area contributed by atoms with Gasteiger partial charge in [-0.1, -0.05) is 30.3 Å². The average molecular weight is 336 g/mol. The summed E-state index contributed by atoms with van der Waals surface area (Å²) < 4.78 is 7.06. The first-order valence-corrected chi connectivity index (χ1v) is 7.62. The molecule has 3 aromatic carbocycles. The van der Waals surface area contributed by atoms with E-state index < -0.39 is 0 Å². The van der Waals surface area contributed by atoms with Gasteiger partial charge in [-0.3, -0.25) is 0 Å². The lowest BCUT2D eigenvalue weighted by Crippen LogP contribution is -1.71. The smallest absolute Gasteiger partial charge is 0.136 e. The number of hydrogen-bond acceptors (Lipinski definition) is 1. The molecule has 21 heavy (non-hydrogen) atoms. The van der Waals surface area contributed by atoms with Crippen LogP contribution in [0.5, 0.6) is 0 Å². The summed E-state index contributed by atoms with van der Waals surface area (Å²) in [7, 11) is 0. The van der Waals surface area contributed by atoms with Gasteiger partial charge in [-0.05, 0) is 40.2 Å². The van der Waals surface area contributed by atoms with Gasteiger partial charge in [0.05, 0.1) is 5.52 Å². The molecular formula is C18H10BrNO. The molecule has 2 aromatic heterocycles. The maximum atomic E-state index is 5.98. The molecule has 0 aliphatic rings. The third-order valence-corrected chi connectivity index (χ3v) is 4.75. The first-order chi connectivity index (χ1) is 10.3. The summed E-state index contributed by atoms with van der Waals surface area (Å²) in [5.74, 6) is 0. The molecule has 0 spiro atoms. The minimum Gasteiger partial charge on any atom is -0.456 e. The van der Waals surface area contributed by atoms with E-state index in [4.69, 9.17) is 4.42 Å². The van der Waals surface area contributed by atoms with E-state index in [1.807, 2.05) is 18.2 Å². The van der Waals surface area contributed by atoms with Crippen molar-refractivity contribution in [1.29, 1.82) is 0 Å². The van der Waals surface area contributed by atoms with Crippen LogP contribution in [-0.2, 0) is 0 Å². The van der Waals surface area contributed by atoms with Gasteiger partial charge < -0.3 is 9.40 Å². The molecule has 0 saturated carbocycles. The Morgan fingerprint density at radius 3 is 2.57 bits per heavy atom. The summed E-state index contributed by atoms with van der Waals surface area (Å²) in [5, 5.41) is 4.80. The highest BCUT2D eigenvalue weighted by Gasteiger charge is 2.14. The lowest BCUT2D eigenvalue weighted by atomic mass is 10.1. The van der Waals surface area contributed by atoms with Crippen molar-refractivity contribution in [3.63, 3.8) is 0 Å². The molecular weight excluding hydrogens is 326 g/mol. The third kappa shape index (κ3) is 1.41. The van der Waals surface area contributed by atoms with Gasteiger partial charge in [0.25, 0.3) is 0 Å². The molecule has 0 bridgehead atoms. The molecule has 2 heterocycles. The van der Waals surface area contributed by atoms with E-state index in [1.165, 1.54) is 21.5 Å². The maximum Gasteiger partial charge on any atom is 0.136 e. The van der Waals surface area contributed by atoms with Crippen LogP contribution in [-0.4, -0.2) is 4.98 Å². The summed E-state index contributed by atoms with van der Waals surface area (Å²) >= 11 is 3.62. The predicted molar refractivity (Wildman–Crippen MR) is 90.8 cm³/mol. The number of rotatable bonds is 0. The van der Waals surface area contributed by atoms with Gasteiger partial charge in [0.15, 0.2) is 0 Å². The first kappa shape index (κ1) is 11.4. The molecule has 100 valence electrons. The fraction of sp³-hybridized carbons (Fsp3) is 0. The van der Waals surface area contributed by atoms with Gasteiger partial charge in [-0.2, -0.15) is 0 Å². The van der Waals surface area contributed by atoms with Gasteiger partial charge in [-0.25, -0.2) is 0 Å². The zero-order valence-corrected chi connectivity index (χ0v) is 12.6. The van der Waals surface area contributed by atoms with Gasteiger partial charge in [0, 0.05) is 31.5 Å². The van der Waals surface area contributed by atoms with Crippen LogP contribution in [0.4, 0.5) is 0 Å². The Morgan fingerprint density at radius 1 is 0.762 bits per heavy atom. The van der Waals surface area contributed by atoms with E-state index in [0.29, 0.717) is 0 Å². The van der Waals surface area contributed by atoms with Gasteiger partial charge in [0.1, 0.15) is 11.2 Å². The van der Waals surface area contributed by atoms with E-state index in [2.05, 4.69) is 57.3 Å². The van der Waals surface area contributed by atoms with Crippen molar-refractivity contribution in [3.8, 4) is 0 Å². The highest BCUT2D eigenvalue weighted by molar-refractivity contribution is 9.10. The highest BCUT2D eigenvalue weighted by Crippen LogP contribution is 2.39. The minimum absolute atomic E-state index is 0.935. The van der Waals surface area contributed by atoms with Crippen LogP contribution in [0.25, 0.3) is 43.7 Å². The molecule has 0 aliphatic heterocycles. The monoisotopic (exact) mass is 335 g/mol. The minimum atomic E-state index is 0.935. The molecule has 0 amide bonds. The van der Waals surface area contributed by atoms with Crippen molar-refractivity contribution in [1.82, 2.24) is 4.98 Å². The molecule has 0 saturated heterocycles. The Morgan fingerprint density at radius 2 is 1.62 bits per heavy atom. The van der Waals surface area contributed by atoms with Crippen LogP contribution < -0.4 is 0 Å². The van der Waals surface area contributed by atoms with E-state index in [-0.39, 0.29) is 0 Å². The zero-order valence-electron chi connectivity index (χ0n) is 11.0. The van der Waals surface area contributed by atoms with Crippen LogP contribution in [0.3, 0.4) is 0 Å². The number of nitrogens with one attached hydrogen (secondary N) is 1. The molecule has 0 unspecified atom stereocenters. The Hall–Kier alpha value is -2.26. The second-order valence-electron chi connectivity index (χ2n) is 5.25. The molecule has 0 radical (unpaired) electrons. The summed E-state index contributed by atoms with van der Waals surface area (Å²) in [5.41, 5.74) is 4.13. The topological polar surface area (TPSA) is 28.9 Å². The van der Waals surface area contributed by atoms with Crippen LogP contribution in [0.1, 0.15) is 0 Å². The Labute approximate surface area is 128 Å². The third-order valence-electron chi connectivity index (χ3n) is 4.09. The van der Waals surface area contributed by atoms with Crippen LogP contribution in [0, 0.1) is 0 Å². The standard InChI is InChI=1S/C18H10BrNO/c19-12-6-3-5-11-16-13(20-18(11)12)8-9-15-17(16)10-4-1-2-7-14(10)21-15/h1-9,20H. The van der Waals surface area contributed by atoms with Crippen LogP contribution in [0.2, 0.25) is 0 Å². The Balaban J connectivity index is 2.17. The Bertz CT molecular complexity index is 1150. The van der Waals surface area contributed by atoms with Crippen molar-refractivity contribution in [2.24, 2.45) is 0 Å². The van der Waals surface area contributed by atoms with Gasteiger partial charge >= 0.3 is 0 Å². The molecule has 0 atom stereocenters. The fourth-order valence-corrected chi connectivity index (χ4v) is 3.66. The molecule has 5 rings (SSSR count). The number of halogens is 1. The van der Waals surface area contributed by atoms with Crippen molar-refractivity contribution in [3.05, 3.63) is 59.1 Å². The van der Waals surface area contributed by atoms with Crippen molar-refractivity contribution in [2.75, 3.05) is 0 Å². The SMILES string of the molecule is Brc1cccc2c1[nH]c1ccc3oc4ccccc4c3c12. The Kier molecular flexibility index (Phi) is 2.11. The molecule has 0 fully saturated rings. The first-order valence-electron chi connectivity index (χ1n) is 6.83. The van der Waals surface area contributed by atoms with E-state index in [9.17, 15) is 0 Å². The van der Waals surface area contributed by atoms with Crippen LogP contribution in [0.15, 0.2) is 63.5 Å². The quantitative estimate of drug-likeness (QED) is 0.370. The van der Waals surface area contributed by atoms with Crippen molar-refractivity contribution < 1.29 is 4.42 Å². The zero-order chi connectivity index (χ0) is 14.0. The van der Waals surface area contributed by atoms with Crippen molar-refractivity contribution in [2.45, 2.75) is 0 Å². The number of benzene rings is 3.